The lowest BCUT2D eigenvalue weighted by atomic mass is 10.0. The average molecular weight is 282 g/mol. The molecule has 1 saturated heterocycles. The Hall–Kier alpha value is -1.17. The molecule has 6 heteroatoms. The van der Waals surface area contributed by atoms with E-state index >= 15 is 0 Å². The van der Waals surface area contributed by atoms with E-state index in [-0.39, 0.29) is 23.0 Å². The molecule has 19 heavy (non-hydrogen) atoms. The molecule has 0 amide bonds. The van der Waals surface area contributed by atoms with Crippen molar-refractivity contribution in [3.63, 3.8) is 0 Å². The fourth-order valence-electron chi connectivity index (χ4n) is 2.56. The summed E-state index contributed by atoms with van der Waals surface area (Å²) in [5, 5.41) is 4.42. The van der Waals surface area contributed by atoms with E-state index < -0.39 is 9.84 Å². The molecule has 3 rings (SSSR count). The minimum Gasteiger partial charge on any atom is -0.268 e. The number of hydrogen-bond donors (Lipinski definition) is 0. The molecule has 0 spiro atoms. The summed E-state index contributed by atoms with van der Waals surface area (Å²) in [6, 6.07) is 3.40. The maximum atomic E-state index is 11.8. The van der Waals surface area contributed by atoms with Gasteiger partial charge in [0.05, 0.1) is 17.2 Å². The van der Waals surface area contributed by atoms with Crippen molar-refractivity contribution >= 4 is 9.84 Å². The largest absolute Gasteiger partial charge is 0.268 e. The van der Waals surface area contributed by atoms with Crippen LogP contribution >= 0.6 is 0 Å². The summed E-state index contributed by atoms with van der Waals surface area (Å²) in [5.74, 6) is 1.27. The molecule has 5 nitrogen and oxygen atoms in total. The van der Waals surface area contributed by atoms with Crippen LogP contribution in [0.1, 0.15) is 37.3 Å². The van der Waals surface area contributed by atoms with Crippen LogP contribution in [0.3, 0.4) is 0 Å². The predicted molar refractivity (Wildman–Crippen MR) is 71.8 cm³/mol. The molecule has 0 N–H and O–H groups in total. The van der Waals surface area contributed by atoms with Crippen molar-refractivity contribution in [2.24, 2.45) is 5.92 Å². The van der Waals surface area contributed by atoms with Crippen molar-refractivity contribution < 1.29 is 8.42 Å². The molecule has 2 heterocycles. The molecule has 104 valence electrons. The normalized spacial score (nSPS) is 23.4. The monoisotopic (exact) mass is 282 g/mol. The minimum absolute atomic E-state index is 0.0853. The molecule has 1 aromatic heterocycles. The van der Waals surface area contributed by atoms with Crippen molar-refractivity contribution in [1.82, 2.24) is 9.78 Å². The molecule has 1 aliphatic carbocycles. The van der Waals surface area contributed by atoms with Crippen LogP contribution in [0.25, 0.3) is 0 Å². The van der Waals surface area contributed by atoms with Gasteiger partial charge >= 0.3 is 0 Å². The van der Waals surface area contributed by atoms with E-state index in [1.54, 1.807) is 6.07 Å². The van der Waals surface area contributed by atoms with E-state index in [0.29, 0.717) is 25.3 Å². The third kappa shape index (κ3) is 3.05. The van der Waals surface area contributed by atoms with Gasteiger partial charge in [0, 0.05) is 18.5 Å². The Morgan fingerprint density at radius 2 is 1.84 bits per heavy atom. The van der Waals surface area contributed by atoms with Crippen molar-refractivity contribution in [2.45, 2.75) is 38.1 Å². The highest BCUT2D eigenvalue weighted by atomic mass is 32.2. The third-order valence-electron chi connectivity index (χ3n) is 3.99. The first-order valence-electron chi connectivity index (χ1n) is 6.82. The van der Waals surface area contributed by atoms with Crippen molar-refractivity contribution in [3.05, 3.63) is 28.2 Å². The molecule has 0 atom stereocenters. The van der Waals surface area contributed by atoms with Gasteiger partial charge in [-0.2, -0.15) is 5.10 Å². The topological polar surface area (TPSA) is 69.0 Å². The summed E-state index contributed by atoms with van der Waals surface area (Å²) in [4.78, 5) is 11.8. The van der Waals surface area contributed by atoms with Crippen LogP contribution in [0, 0.1) is 5.92 Å². The molecule has 0 radical (unpaired) electrons. The summed E-state index contributed by atoms with van der Waals surface area (Å²) in [6.45, 7) is 0.551. The summed E-state index contributed by atoms with van der Waals surface area (Å²) in [6.07, 6.45) is 3.61. The van der Waals surface area contributed by atoms with Gasteiger partial charge < -0.3 is 0 Å². The molecule has 2 fully saturated rings. The van der Waals surface area contributed by atoms with Crippen LogP contribution in [0.15, 0.2) is 16.9 Å². The molecule has 1 aromatic rings. The highest BCUT2D eigenvalue weighted by molar-refractivity contribution is 7.91. The maximum absolute atomic E-state index is 11.8. The van der Waals surface area contributed by atoms with Crippen LogP contribution < -0.4 is 5.56 Å². The number of nitrogens with zero attached hydrogens (tertiary/aromatic N) is 2. The van der Waals surface area contributed by atoms with Crippen molar-refractivity contribution in [3.8, 4) is 0 Å². The van der Waals surface area contributed by atoms with Gasteiger partial charge in [-0.05, 0) is 37.7 Å². The molecular weight excluding hydrogens is 264 g/mol. The highest BCUT2D eigenvalue weighted by Crippen LogP contribution is 2.38. The number of sulfone groups is 1. The summed E-state index contributed by atoms with van der Waals surface area (Å²) < 4.78 is 24.3. The van der Waals surface area contributed by atoms with Gasteiger partial charge in [0.15, 0.2) is 0 Å². The highest BCUT2D eigenvalue weighted by Gasteiger charge is 2.27. The molecule has 0 bridgehead atoms. The predicted octanol–water partition coefficient (Wildman–Crippen LogP) is 0.946. The average Bonchev–Trinajstić information content (AvgIpc) is 3.19. The van der Waals surface area contributed by atoms with Gasteiger partial charge in [-0.15, -0.1) is 0 Å². The second kappa shape index (κ2) is 4.74. The third-order valence-corrected chi connectivity index (χ3v) is 5.70. The number of rotatable bonds is 3. The van der Waals surface area contributed by atoms with E-state index in [1.807, 2.05) is 6.07 Å². The SMILES string of the molecule is O=c1ccc(C2CC2)nn1CC1CCS(=O)(=O)CC1. The number of hydrogen-bond acceptors (Lipinski definition) is 4. The maximum Gasteiger partial charge on any atom is 0.266 e. The Bertz CT molecular complexity index is 618. The van der Waals surface area contributed by atoms with E-state index in [9.17, 15) is 13.2 Å². The lowest BCUT2D eigenvalue weighted by Crippen LogP contribution is -2.31. The van der Waals surface area contributed by atoms with Crippen molar-refractivity contribution in [2.75, 3.05) is 11.5 Å². The Balaban J connectivity index is 1.72. The summed E-state index contributed by atoms with van der Waals surface area (Å²) >= 11 is 0. The van der Waals surface area contributed by atoms with E-state index in [4.69, 9.17) is 0 Å². The van der Waals surface area contributed by atoms with Gasteiger partial charge in [0.1, 0.15) is 9.84 Å². The van der Waals surface area contributed by atoms with Crippen molar-refractivity contribution in [1.29, 1.82) is 0 Å². The zero-order valence-corrected chi connectivity index (χ0v) is 11.6. The Kier molecular flexibility index (Phi) is 3.20. The Labute approximate surface area is 112 Å². The van der Waals surface area contributed by atoms with Crippen LogP contribution in [0.4, 0.5) is 0 Å². The molecule has 1 saturated carbocycles. The second-order valence-corrected chi connectivity index (χ2v) is 7.95. The lowest BCUT2D eigenvalue weighted by Gasteiger charge is -2.22. The zero-order valence-electron chi connectivity index (χ0n) is 10.8. The lowest BCUT2D eigenvalue weighted by molar-refractivity contribution is 0.372. The van der Waals surface area contributed by atoms with E-state index in [0.717, 1.165) is 18.5 Å². The van der Waals surface area contributed by atoms with Gasteiger partial charge in [-0.1, -0.05) is 0 Å². The van der Waals surface area contributed by atoms with E-state index in [1.165, 1.54) is 4.68 Å². The first-order chi connectivity index (χ1) is 9.03. The molecule has 0 aromatic carbocycles. The summed E-state index contributed by atoms with van der Waals surface area (Å²) in [5.41, 5.74) is 0.917. The van der Waals surface area contributed by atoms with Gasteiger partial charge in [0.2, 0.25) is 0 Å². The zero-order chi connectivity index (χ0) is 13.5. The molecular formula is C13H18N2O3S. The second-order valence-electron chi connectivity index (χ2n) is 5.65. The van der Waals surface area contributed by atoms with Crippen LogP contribution in [-0.4, -0.2) is 29.7 Å². The minimum atomic E-state index is -2.84. The fourth-order valence-corrected chi connectivity index (χ4v) is 4.15. The Morgan fingerprint density at radius 1 is 1.16 bits per heavy atom. The van der Waals surface area contributed by atoms with Gasteiger partial charge in [-0.3, -0.25) is 4.79 Å². The van der Waals surface area contributed by atoms with Crippen LogP contribution in [0.2, 0.25) is 0 Å². The first kappa shape index (κ1) is 12.8. The smallest absolute Gasteiger partial charge is 0.266 e. The van der Waals surface area contributed by atoms with Gasteiger partial charge in [-0.25, -0.2) is 13.1 Å². The number of aromatic nitrogens is 2. The van der Waals surface area contributed by atoms with Gasteiger partial charge in [0.25, 0.3) is 5.56 Å². The quantitative estimate of drug-likeness (QED) is 0.827. The van der Waals surface area contributed by atoms with E-state index in [2.05, 4.69) is 5.10 Å². The van der Waals surface area contributed by atoms with Crippen LogP contribution in [-0.2, 0) is 16.4 Å². The molecule has 0 unspecified atom stereocenters. The summed E-state index contributed by atoms with van der Waals surface area (Å²) in [7, 11) is -2.84. The van der Waals surface area contributed by atoms with Crippen LogP contribution in [0.5, 0.6) is 0 Å². The molecule has 1 aliphatic heterocycles. The molecule has 2 aliphatic rings. The Morgan fingerprint density at radius 3 is 2.47 bits per heavy atom. The fraction of sp³-hybridized carbons (Fsp3) is 0.692. The standard InChI is InChI=1S/C13H18N2O3S/c16-13-4-3-12(11-1-2-11)14-15(13)9-10-5-7-19(17,18)8-6-10/h3-4,10-11H,1-2,5-9H2. The first-order valence-corrected chi connectivity index (χ1v) is 8.64.